The van der Waals surface area contributed by atoms with Crippen LogP contribution in [0, 0.1) is 17.7 Å². The van der Waals surface area contributed by atoms with Crippen molar-refractivity contribution in [2.75, 3.05) is 13.2 Å². The number of hydrogen-bond donors (Lipinski definition) is 1. The SMILES string of the molecule is OCC#Cc1ccc(OCC2Cc3ccccc32)cc1F. The molecule has 0 spiro atoms. The summed E-state index contributed by atoms with van der Waals surface area (Å²) in [7, 11) is 0. The maximum Gasteiger partial charge on any atom is 0.142 e. The maximum atomic E-state index is 13.8. The van der Waals surface area contributed by atoms with E-state index in [2.05, 4.69) is 24.0 Å². The molecule has 1 atom stereocenters. The van der Waals surface area contributed by atoms with Crippen molar-refractivity contribution in [3.8, 4) is 17.6 Å². The van der Waals surface area contributed by atoms with Crippen molar-refractivity contribution in [2.45, 2.75) is 12.3 Å². The molecule has 0 aromatic heterocycles. The molecule has 3 rings (SSSR count). The van der Waals surface area contributed by atoms with E-state index in [4.69, 9.17) is 9.84 Å². The maximum absolute atomic E-state index is 13.8. The number of aliphatic hydroxyl groups excluding tert-OH is 1. The van der Waals surface area contributed by atoms with Crippen LogP contribution in [0.15, 0.2) is 42.5 Å². The van der Waals surface area contributed by atoms with Gasteiger partial charge >= 0.3 is 0 Å². The predicted octanol–water partition coefficient (Wildman–Crippen LogP) is 2.89. The molecule has 0 radical (unpaired) electrons. The summed E-state index contributed by atoms with van der Waals surface area (Å²) < 4.78 is 19.4. The van der Waals surface area contributed by atoms with Gasteiger partial charge in [0.2, 0.25) is 0 Å². The molecule has 2 nitrogen and oxygen atoms in total. The van der Waals surface area contributed by atoms with E-state index < -0.39 is 5.82 Å². The zero-order chi connectivity index (χ0) is 14.7. The van der Waals surface area contributed by atoms with Gasteiger partial charge in [0.05, 0.1) is 12.2 Å². The predicted molar refractivity (Wildman–Crippen MR) is 78.7 cm³/mol. The molecule has 0 bridgehead atoms. The monoisotopic (exact) mass is 282 g/mol. The summed E-state index contributed by atoms with van der Waals surface area (Å²) in [5.74, 6) is 5.45. The lowest BCUT2D eigenvalue weighted by Crippen LogP contribution is -2.23. The van der Waals surface area contributed by atoms with Crippen LogP contribution in [0.3, 0.4) is 0 Å². The van der Waals surface area contributed by atoms with Crippen molar-refractivity contribution in [2.24, 2.45) is 0 Å². The highest BCUT2D eigenvalue weighted by atomic mass is 19.1. The molecule has 0 aliphatic heterocycles. The number of hydrogen-bond acceptors (Lipinski definition) is 2. The molecule has 3 heteroatoms. The van der Waals surface area contributed by atoms with Crippen LogP contribution in [0.2, 0.25) is 0 Å². The third-order valence-electron chi connectivity index (χ3n) is 3.66. The van der Waals surface area contributed by atoms with Gasteiger partial charge in [-0.3, -0.25) is 0 Å². The molecule has 0 heterocycles. The third-order valence-corrected chi connectivity index (χ3v) is 3.66. The van der Waals surface area contributed by atoms with Crippen LogP contribution in [0.4, 0.5) is 4.39 Å². The standard InChI is InChI=1S/C18H15FO2/c19-18-11-16(8-7-13(18)5-3-9-20)21-12-15-10-14-4-1-2-6-17(14)15/h1-2,4,6-8,11,15,20H,9-10,12H2. The molecule has 2 aromatic rings. The van der Waals surface area contributed by atoms with Crippen molar-refractivity contribution >= 4 is 0 Å². The van der Waals surface area contributed by atoms with E-state index >= 15 is 0 Å². The number of ether oxygens (including phenoxy) is 1. The van der Waals surface area contributed by atoms with Gasteiger partial charge in [-0.15, -0.1) is 0 Å². The first-order chi connectivity index (χ1) is 10.3. The van der Waals surface area contributed by atoms with Crippen molar-refractivity contribution in [1.29, 1.82) is 0 Å². The summed E-state index contributed by atoms with van der Waals surface area (Å²) in [6.45, 7) is 0.275. The van der Waals surface area contributed by atoms with E-state index in [1.165, 1.54) is 17.2 Å². The molecule has 106 valence electrons. The van der Waals surface area contributed by atoms with Crippen molar-refractivity contribution in [3.63, 3.8) is 0 Å². The number of fused-ring (bicyclic) bond motifs is 1. The smallest absolute Gasteiger partial charge is 0.142 e. The highest BCUT2D eigenvalue weighted by Gasteiger charge is 2.25. The quantitative estimate of drug-likeness (QED) is 0.877. The van der Waals surface area contributed by atoms with Gasteiger partial charge in [-0.05, 0) is 29.7 Å². The Balaban J connectivity index is 1.63. The highest BCUT2D eigenvalue weighted by molar-refractivity contribution is 5.41. The summed E-state index contributed by atoms with van der Waals surface area (Å²) in [5, 5.41) is 8.61. The Bertz CT molecular complexity index is 713. The fourth-order valence-electron chi connectivity index (χ4n) is 2.53. The Morgan fingerprint density at radius 3 is 2.86 bits per heavy atom. The molecule has 0 saturated carbocycles. The minimum Gasteiger partial charge on any atom is -0.493 e. The average molecular weight is 282 g/mol. The minimum absolute atomic E-state index is 0.269. The number of halogens is 1. The molecule has 1 N–H and O–H groups in total. The van der Waals surface area contributed by atoms with Crippen molar-refractivity contribution in [1.82, 2.24) is 0 Å². The van der Waals surface area contributed by atoms with E-state index in [1.54, 1.807) is 12.1 Å². The number of aliphatic hydroxyl groups is 1. The molecular weight excluding hydrogens is 267 g/mol. The van der Waals surface area contributed by atoms with Crippen LogP contribution in [0.5, 0.6) is 5.75 Å². The fraction of sp³-hybridized carbons (Fsp3) is 0.222. The van der Waals surface area contributed by atoms with Crippen LogP contribution < -0.4 is 4.74 Å². The highest BCUT2D eigenvalue weighted by Crippen LogP contribution is 2.35. The number of rotatable bonds is 3. The van der Waals surface area contributed by atoms with Crippen LogP contribution in [0.1, 0.15) is 22.6 Å². The Morgan fingerprint density at radius 2 is 2.10 bits per heavy atom. The first-order valence-corrected chi connectivity index (χ1v) is 6.88. The van der Waals surface area contributed by atoms with Gasteiger partial charge in [-0.25, -0.2) is 4.39 Å². The molecule has 0 saturated heterocycles. The first-order valence-electron chi connectivity index (χ1n) is 6.88. The Hall–Kier alpha value is -2.31. The van der Waals surface area contributed by atoms with Gasteiger partial charge in [0.25, 0.3) is 0 Å². The van der Waals surface area contributed by atoms with E-state index in [0.29, 0.717) is 18.3 Å². The fourth-order valence-corrected chi connectivity index (χ4v) is 2.53. The van der Waals surface area contributed by atoms with Crippen LogP contribution in [-0.4, -0.2) is 18.3 Å². The van der Waals surface area contributed by atoms with E-state index in [0.717, 1.165) is 6.42 Å². The second-order valence-electron chi connectivity index (χ2n) is 5.01. The molecule has 21 heavy (non-hydrogen) atoms. The molecule has 0 amide bonds. The van der Waals surface area contributed by atoms with Crippen LogP contribution in [-0.2, 0) is 6.42 Å². The Labute approximate surface area is 123 Å². The Kier molecular flexibility index (Phi) is 3.89. The van der Waals surface area contributed by atoms with Crippen molar-refractivity contribution in [3.05, 3.63) is 65.0 Å². The average Bonchev–Trinajstić information content (AvgIpc) is 2.47. The van der Waals surface area contributed by atoms with Gasteiger partial charge < -0.3 is 9.84 Å². The first kappa shape index (κ1) is 13.7. The molecule has 1 unspecified atom stereocenters. The second-order valence-corrected chi connectivity index (χ2v) is 5.01. The summed E-state index contributed by atoms with van der Waals surface area (Å²) in [6.07, 6.45) is 1.01. The zero-order valence-corrected chi connectivity index (χ0v) is 11.5. The normalized spacial score (nSPS) is 15.4. The largest absolute Gasteiger partial charge is 0.493 e. The van der Waals surface area contributed by atoms with Gasteiger partial charge in [0, 0.05) is 12.0 Å². The summed E-state index contributed by atoms with van der Waals surface area (Å²) in [5.41, 5.74) is 2.96. The van der Waals surface area contributed by atoms with E-state index in [-0.39, 0.29) is 12.2 Å². The lowest BCUT2D eigenvalue weighted by atomic mass is 9.78. The molecular formula is C18H15FO2. The van der Waals surface area contributed by atoms with Crippen LogP contribution in [0.25, 0.3) is 0 Å². The zero-order valence-electron chi connectivity index (χ0n) is 11.5. The van der Waals surface area contributed by atoms with Gasteiger partial charge in [-0.1, -0.05) is 36.1 Å². The summed E-state index contributed by atoms with van der Waals surface area (Å²) in [6, 6.07) is 12.9. The second kappa shape index (κ2) is 5.99. The Morgan fingerprint density at radius 1 is 1.24 bits per heavy atom. The molecule has 1 aliphatic carbocycles. The molecule has 1 aliphatic rings. The topological polar surface area (TPSA) is 29.5 Å². The van der Waals surface area contributed by atoms with Gasteiger partial charge in [0.15, 0.2) is 0 Å². The van der Waals surface area contributed by atoms with E-state index in [9.17, 15) is 4.39 Å². The molecule has 2 aromatic carbocycles. The molecule has 0 fully saturated rings. The van der Waals surface area contributed by atoms with Gasteiger partial charge in [0.1, 0.15) is 18.2 Å². The summed E-state index contributed by atoms with van der Waals surface area (Å²) in [4.78, 5) is 0. The van der Waals surface area contributed by atoms with Gasteiger partial charge in [-0.2, -0.15) is 0 Å². The lowest BCUT2D eigenvalue weighted by molar-refractivity contribution is 0.274. The summed E-state index contributed by atoms with van der Waals surface area (Å²) >= 11 is 0. The van der Waals surface area contributed by atoms with Crippen LogP contribution >= 0.6 is 0 Å². The number of benzene rings is 2. The lowest BCUT2D eigenvalue weighted by Gasteiger charge is -2.29. The minimum atomic E-state index is -0.428. The van der Waals surface area contributed by atoms with Crippen molar-refractivity contribution < 1.29 is 14.2 Å². The van der Waals surface area contributed by atoms with E-state index in [1.807, 2.05) is 12.1 Å². The third kappa shape index (κ3) is 2.91.